The van der Waals surface area contributed by atoms with E-state index in [9.17, 15) is 4.79 Å². The Morgan fingerprint density at radius 1 is 1.25 bits per heavy atom. The molecule has 3 rings (SSSR count). The van der Waals surface area contributed by atoms with Crippen LogP contribution < -0.4 is 10.1 Å². The zero-order valence-corrected chi connectivity index (χ0v) is 14.0. The van der Waals surface area contributed by atoms with Gasteiger partial charge in [0.1, 0.15) is 12.4 Å². The number of nitrogens with one attached hydrogen (secondary N) is 1. The van der Waals surface area contributed by atoms with E-state index < -0.39 is 0 Å². The number of hydrogen-bond acceptors (Lipinski definition) is 3. The van der Waals surface area contributed by atoms with Gasteiger partial charge in [-0.15, -0.1) is 0 Å². The van der Waals surface area contributed by atoms with Crippen LogP contribution >= 0.6 is 0 Å². The molecule has 1 atom stereocenters. The molecule has 2 aromatic rings. The standard InChI is InChI=1S/C20H23NO3/c1-2-15-8-10-16(11-9-15)20(22)21-17-5-3-6-18(13-17)24-14-19-7-4-12-23-19/h3,5-6,8-11,13,19H,2,4,7,12,14H2,1H3,(H,21,22)/t19-/m1/s1. The van der Waals surface area contributed by atoms with Gasteiger partial charge in [-0.3, -0.25) is 4.79 Å². The first-order chi connectivity index (χ1) is 11.7. The van der Waals surface area contributed by atoms with E-state index in [1.54, 1.807) is 0 Å². The zero-order chi connectivity index (χ0) is 16.8. The molecule has 1 fully saturated rings. The van der Waals surface area contributed by atoms with Crippen molar-refractivity contribution >= 4 is 11.6 Å². The van der Waals surface area contributed by atoms with E-state index in [2.05, 4.69) is 12.2 Å². The smallest absolute Gasteiger partial charge is 0.255 e. The van der Waals surface area contributed by atoms with Crippen molar-refractivity contribution in [2.75, 3.05) is 18.5 Å². The Bertz CT molecular complexity index is 676. The lowest BCUT2D eigenvalue weighted by Gasteiger charge is -2.12. The number of carbonyl (C=O) groups excluding carboxylic acids is 1. The summed E-state index contributed by atoms with van der Waals surface area (Å²) in [5.74, 6) is 0.624. The van der Waals surface area contributed by atoms with Crippen LogP contribution in [0.25, 0.3) is 0 Å². The average Bonchev–Trinajstić information content (AvgIpc) is 3.14. The van der Waals surface area contributed by atoms with Crippen molar-refractivity contribution in [3.05, 3.63) is 59.7 Å². The van der Waals surface area contributed by atoms with Crippen molar-refractivity contribution in [2.24, 2.45) is 0 Å². The van der Waals surface area contributed by atoms with Gasteiger partial charge >= 0.3 is 0 Å². The molecule has 1 heterocycles. The molecule has 24 heavy (non-hydrogen) atoms. The van der Waals surface area contributed by atoms with Crippen molar-refractivity contribution in [3.63, 3.8) is 0 Å². The van der Waals surface area contributed by atoms with Gasteiger partial charge in [-0.2, -0.15) is 0 Å². The van der Waals surface area contributed by atoms with E-state index in [1.165, 1.54) is 5.56 Å². The van der Waals surface area contributed by atoms with Gasteiger partial charge in [0.05, 0.1) is 6.10 Å². The highest BCUT2D eigenvalue weighted by molar-refractivity contribution is 6.04. The minimum Gasteiger partial charge on any atom is -0.491 e. The second kappa shape index (κ2) is 7.97. The van der Waals surface area contributed by atoms with Crippen molar-refractivity contribution < 1.29 is 14.3 Å². The third-order valence-corrected chi connectivity index (χ3v) is 4.18. The van der Waals surface area contributed by atoms with Crippen LogP contribution in [-0.2, 0) is 11.2 Å². The quantitative estimate of drug-likeness (QED) is 0.871. The summed E-state index contributed by atoms with van der Waals surface area (Å²) in [7, 11) is 0. The summed E-state index contributed by atoms with van der Waals surface area (Å²) >= 11 is 0. The third-order valence-electron chi connectivity index (χ3n) is 4.18. The Morgan fingerprint density at radius 2 is 2.08 bits per heavy atom. The van der Waals surface area contributed by atoms with Crippen LogP contribution in [0.4, 0.5) is 5.69 Å². The number of amides is 1. The van der Waals surface area contributed by atoms with Gasteiger partial charge in [-0.05, 0) is 49.1 Å². The molecule has 0 bridgehead atoms. The topological polar surface area (TPSA) is 47.6 Å². The summed E-state index contributed by atoms with van der Waals surface area (Å²) in [6.45, 7) is 3.47. The van der Waals surface area contributed by atoms with E-state index in [4.69, 9.17) is 9.47 Å². The highest BCUT2D eigenvalue weighted by Gasteiger charge is 2.16. The molecule has 4 nitrogen and oxygen atoms in total. The number of aryl methyl sites for hydroxylation is 1. The maximum atomic E-state index is 12.3. The number of anilines is 1. The van der Waals surface area contributed by atoms with Crippen molar-refractivity contribution in [1.29, 1.82) is 0 Å². The molecule has 0 aromatic heterocycles. The molecule has 0 spiro atoms. The SMILES string of the molecule is CCc1ccc(C(=O)Nc2cccc(OC[C@H]3CCCO3)c2)cc1. The fourth-order valence-electron chi connectivity index (χ4n) is 2.72. The molecule has 4 heteroatoms. The maximum Gasteiger partial charge on any atom is 0.255 e. The van der Waals surface area contributed by atoms with Crippen LogP contribution in [0.1, 0.15) is 35.7 Å². The normalized spacial score (nSPS) is 16.8. The highest BCUT2D eigenvalue weighted by Crippen LogP contribution is 2.20. The molecule has 1 aliphatic heterocycles. The third kappa shape index (κ3) is 4.36. The number of rotatable bonds is 6. The average molecular weight is 325 g/mol. The molecule has 1 aliphatic rings. The molecule has 2 aromatic carbocycles. The number of benzene rings is 2. The van der Waals surface area contributed by atoms with Gasteiger partial charge in [-0.25, -0.2) is 0 Å². The lowest BCUT2D eigenvalue weighted by Crippen LogP contribution is -2.16. The number of ether oxygens (including phenoxy) is 2. The van der Waals surface area contributed by atoms with Gasteiger partial charge in [0.25, 0.3) is 5.91 Å². The van der Waals surface area contributed by atoms with E-state index in [-0.39, 0.29) is 12.0 Å². The minimum atomic E-state index is -0.117. The molecule has 126 valence electrons. The van der Waals surface area contributed by atoms with Crippen molar-refractivity contribution in [2.45, 2.75) is 32.3 Å². The van der Waals surface area contributed by atoms with Crippen LogP contribution in [0.15, 0.2) is 48.5 Å². The largest absolute Gasteiger partial charge is 0.491 e. The molecular weight excluding hydrogens is 302 g/mol. The van der Waals surface area contributed by atoms with Crippen LogP contribution in [-0.4, -0.2) is 25.2 Å². The number of hydrogen-bond donors (Lipinski definition) is 1. The molecule has 1 amide bonds. The Kier molecular flexibility index (Phi) is 5.49. The van der Waals surface area contributed by atoms with E-state index in [0.717, 1.165) is 37.3 Å². The predicted octanol–water partition coefficient (Wildman–Crippen LogP) is 4.06. The molecule has 0 radical (unpaired) electrons. The number of carbonyl (C=O) groups is 1. The first-order valence-corrected chi connectivity index (χ1v) is 8.49. The van der Waals surface area contributed by atoms with Crippen LogP contribution in [0, 0.1) is 0 Å². The molecule has 0 unspecified atom stereocenters. The van der Waals surface area contributed by atoms with Crippen LogP contribution in [0.3, 0.4) is 0 Å². The highest BCUT2D eigenvalue weighted by atomic mass is 16.5. The summed E-state index contributed by atoms with van der Waals surface area (Å²) in [5, 5.41) is 2.91. The Morgan fingerprint density at radius 3 is 2.79 bits per heavy atom. The fraction of sp³-hybridized carbons (Fsp3) is 0.350. The maximum absolute atomic E-state index is 12.3. The van der Waals surface area contributed by atoms with E-state index in [0.29, 0.717) is 12.2 Å². The van der Waals surface area contributed by atoms with Gasteiger partial charge in [0.2, 0.25) is 0 Å². The molecular formula is C20H23NO3. The van der Waals surface area contributed by atoms with Crippen LogP contribution in [0.5, 0.6) is 5.75 Å². The monoisotopic (exact) mass is 325 g/mol. The summed E-state index contributed by atoms with van der Waals surface area (Å²) in [4.78, 5) is 12.3. The van der Waals surface area contributed by atoms with Crippen molar-refractivity contribution in [1.82, 2.24) is 0 Å². The molecule has 0 saturated carbocycles. The molecule has 1 saturated heterocycles. The first kappa shape index (κ1) is 16.5. The first-order valence-electron chi connectivity index (χ1n) is 8.49. The Labute approximate surface area is 142 Å². The van der Waals surface area contributed by atoms with Gasteiger partial charge in [0.15, 0.2) is 0 Å². The summed E-state index contributed by atoms with van der Waals surface area (Å²) < 4.78 is 11.3. The second-order valence-electron chi connectivity index (χ2n) is 5.98. The summed E-state index contributed by atoms with van der Waals surface area (Å²) in [6.07, 6.45) is 3.29. The summed E-state index contributed by atoms with van der Waals surface area (Å²) in [5.41, 5.74) is 2.60. The Hall–Kier alpha value is -2.33. The fourth-order valence-corrected chi connectivity index (χ4v) is 2.72. The zero-order valence-electron chi connectivity index (χ0n) is 14.0. The summed E-state index contributed by atoms with van der Waals surface area (Å²) in [6, 6.07) is 15.1. The van der Waals surface area contributed by atoms with Crippen molar-refractivity contribution in [3.8, 4) is 5.75 Å². The van der Waals surface area contributed by atoms with Gasteiger partial charge < -0.3 is 14.8 Å². The predicted molar refractivity (Wildman–Crippen MR) is 94.7 cm³/mol. The second-order valence-corrected chi connectivity index (χ2v) is 5.98. The molecule has 0 aliphatic carbocycles. The van der Waals surface area contributed by atoms with E-state index >= 15 is 0 Å². The van der Waals surface area contributed by atoms with Crippen LogP contribution in [0.2, 0.25) is 0 Å². The lowest BCUT2D eigenvalue weighted by atomic mass is 10.1. The van der Waals surface area contributed by atoms with E-state index in [1.807, 2.05) is 48.5 Å². The van der Waals surface area contributed by atoms with Gasteiger partial charge in [-0.1, -0.05) is 25.1 Å². The molecule has 1 N–H and O–H groups in total. The Balaban J connectivity index is 1.59. The lowest BCUT2D eigenvalue weighted by molar-refractivity contribution is 0.0680. The minimum absolute atomic E-state index is 0.117. The van der Waals surface area contributed by atoms with Gasteiger partial charge in [0, 0.05) is 23.9 Å².